The maximum Gasteiger partial charge on any atom is 0.224 e. The van der Waals surface area contributed by atoms with Crippen LogP contribution in [0.4, 0.5) is 0 Å². The van der Waals surface area contributed by atoms with E-state index in [1.54, 1.807) is 0 Å². The Hall–Kier alpha value is -1.31. The highest BCUT2D eigenvalue weighted by Gasteiger charge is 2.14. The van der Waals surface area contributed by atoms with Crippen LogP contribution in [0.25, 0.3) is 0 Å². The second-order valence-corrected chi connectivity index (χ2v) is 6.22. The lowest BCUT2D eigenvalue weighted by molar-refractivity contribution is -0.121. The van der Waals surface area contributed by atoms with Gasteiger partial charge in [-0.1, -0.05) is 55.9 Å². The normalized spacial score (nSPS) is 17.3. The number of nitrogens with one attached hydrogen (secondary N) is 1. The molecule has 0 unspecified atom stereocenters. The molecule has 20 heavy (non-hydrogen) atoms. The van der Waals surface area contributed by atoms with Crippen molar-refractivity contribution in [1.82, 2.24) is 5.32 Å². The molecule has 1 aromatic rings. The molecule has 0 atom stereocenters. The van der Waals surface area contributed by atoms with Gasteiger partial charge < -0.3 is 5.32 Å². The molecular weight excluding hydrogens is 246 g/mol. The standard InChI is InChI=1S/C18H27NO/c1-14-10-11-15(2)16(12-14)13-18(20)19-17-8-6-4-3-5-7-9-17/h10-12,17H,3-9,13H2,1-2H3,(H,19,20). The molecule has 1 aliphatic carbocycles. The average Bonchev–Trinajstić information content (AvgIpc) is 2.37. The van der Waals surface area contributed by atoms with E-state index in [0.29, 0.717) is 12.5 Å². The Bertz CT molecular complexity index is 445. The molecule has 1 aliphatic rings. The van der Waals surface area contributed by atoms with Crippen molar-refractivity contribution in [3.63, 3.8) is 0 Å². The third-order valence-corrected chi connectivity index (χ3v) is 4.33. The first kappa shape index (κ1) is 15.1. The molecule has 1 aromatic carbocycles. The van der Waals surface area contributed by atoms with Crippen LogP contribution in [0.2, 0.25) is 0 Å². The summed E-state index contributed by atoms with van der Waals surface area (Å²) in [5.41, 5.74) is 3.60. The monoisotopic (exact) mass is 273 g/mol. The van der Waals surface area contributed by atoms with Crippen molar-refractivity contribution in [2.75, 3.05) is 0 Å². The van der Waals surface area contributed by atoms with Crippen molar-refractivity contribution in [1.29, 1.82) is 0 Å². The van der Waals surface area contributed by atoms with E-state index in [1.165, 1.54) is 43.2 Å². The van der Waals surface area contributed by atoms with Crippen LogP contribution < -0.4 is 5.32 Å². The van der Waals surface area contributed by atoms with Crippen LogP contribution in [-0.4, -0.2) is 11.9 Å². The van der Waals surface area contributed by atoms with Crippen LogP contribution in [-0.2, 0) is 11.2 Å². The van der Waals surface area contributed by atoms with E-state index in [2.05, 4.69) is 37.4 Å². The quantitative estimate of drug-likeness (QED) is 0.883. The van der Waals surface area contributed by atoms with Crippen molar-refractivity contribution in [3.05, 3.63) is 34.9 Å². The van der Waals surface area contributed by atoms with E-state index in [0.717, 1.165) is 18.4 Å². The first-order valence-electron chi connectivity index (χ1n) is 8.00. The highest BCUT2D eigenvalue weighted by Crippen LogP contribution is 2.17. The van der Waals surface area contributed by atoms with Crippen LogP contribution in [0, 0.1) is 13.8 Å². The average molecular weight is 273 g/mol. The summed E-state index contributed by atoms with van der Waals surface area (Å²) in [6.07, 6.45) is 9.35. The van der Waals surface area contributed by atoms with E-state index < -0.39 is 0 Å². The van der Waals surface area contributed by atoms with Crippen LogP contribution in [0.3, 0.4) is 0 Å². The Labute approximate surface area is 123 Å². The molecule has 0 radical (unpaired) electrons. The fraction of sp³-hybridized carbons (Fsp3) is 0.611. The Balaban J connectivity index is 1.89. The van der Waals surface area contributed by atoms with Gasteiger partial charge in [0.05, 0.1) is 6.42 Å². The van der Waals surface area contributed by atoms with Gasteiger partial charge in [0.15, 0.2) is 0 Å². The lowest BCUT2D eigenvalue weighted by Gasteiger charge is -2.21. The molecule has 0 spiro atoms. The Morgan fingerprint density at radius 1 is 1.10 bits per heavy atom. The van der Waals surface area contributed by atoms with Crippen LogP contribution in [0.15, 0.2) is 18.2 Å². The highest BCUT2D eigenvalue weighted by molar-refractivity contribution is 5.79. The van der Waals surface area contributed by atoms with Gasteiger partial charge in [-0.05, 0) is 37.8 Å². The smallest absolute Gasteiger partial charge is 0.224 e. The number of hydrogen-bond donors (Lipinski definition) is 1. The van der Waals surface area contributed by atoms with E-state index >= 15 is 0 Å². The zero-order valence-electron chi connectivity index (χ0n) is 12.9. The first-order chi connectivity index (χ1) is 9.65. The summed E-state index contributed by atoms with van der Waals surface area (Å²) in [7, 11) is 0. The number of aryl methyl sites for hydroxylation is 2. The van der Waals surface area contributed by atoms with Crippen molar-refractivity contribution < 1.29 is 4.79 Å². The number of benzene rings is 1. The molecule has 1 N–H and O–H groups in total. The highest BCUT2D eigenvalue weighted by atomic mass is 16.1. The number of carbonyl (C=O) groups excluding carboxylic acids is 1. The zero-order chi connectivity index (χ0) is 14.4. The molecule has 1 fully saturated rings. The molecule has 110 valence electrons. The summed E-state index contributed by atoms with van der Waals surface area (Å²) in [6, 6.07) is 6.74. The molecule has 1 saturated carbocycles. The third kappa shape index (κ3) is 4.66. The van der Waals surface area contributed by atoms with Gasteiger partial charge in [-0.3, -0.25) is 4.79 Å². The van der Waals surface area contributed by atoms with Crippen molar-refractivity contribution in [3.8, 4) is 0 Å². The summed E-state index contributed by atoms with van der Waals surface area (Å²) in [4.78, 5) is 12.2. The second-order valence-electron chi connectivity index (χ2n) is 6.22. The predicted molar refractivity (Wildman–Crippen MR) is 83.9 cm³/mol. The van der Waals surface area contributed by atoms with Crippen molar-refractivity contribution in [2.24, 2.45) is 0 Å². The Morgan fingerprint density at radius 2 is 1.75 bits per heavy atom. The number of rotatable bonds is 3. The minimum Gasteiger partial charge on any atom is -0.353 e. The van der Waals surface area contributed by atoms with Crippen LogP contribution in [0.5, 0.6) is 0 Å². The van der Waals surface area contributed by atoms with Gasteiger partial charge in [-0.15, -0.1) is 0 Å². The van der Waals surface area contributed by atoms with Gasteiger partial charge in [0.2, 0.25) is 5.91 Å². The maximum atomic E-state index is 12.2. The van der Waals surface area contributed by atoms with Crippen LogP contribution in [0.1, 0.15) is 61.6 Å². The molecule has 0 heterocycles. The minimum absolute atomic E-state index is 0.185. The first-order valence-corrected chi connectivity index (χ1v) is 8.00. The van der Waals surface area contributed by atoms with E-state index in [-0.39, 0.29) is 5.91 Å². The molecule has 0 bridgehead atoms. The fourth-order valence-electron chi connectivity index (χ4n) is 3.04. The second kappa shape index (κ2) is 7.47. The topological polar surface area (TPSA) is 29.1 Å². The molecule has 2 nitrogen and oxygen atoms in total. The Kier molecular flexibility index (Phi) is 5.63. The summed E-state index contributed by atoms with van der Waals surface area (Å²) < 4.78 is 0. The Morgan fingerprint density at radius 3 is 2.45 bits per heavy atom. The summed E-state index contributed by atoms with van der Waals surface area (Å²) in [5, 5.41) is 3.24. The van der Waals surface area contributed by atoms with Gasteiger partial charge in [0, 0.05) is 6.04 Å². The van der Waals surface area contributed by atoms with Gasteiger partial charge in [-0.25, -0.2) is 0 Å². The van der Waals surface area contributed by atoms with Crippen molar-refractivity contribution >= 4 is 5.91 Å². The summed E-state index contributed by atoms with van der Waals surface area (Å²) in [5.74, 6) is 0.185. The molecule has 0 aromatic heterocycles. The summed E-state index contributed by atoms with van der Waals surface area (Å²) in [6.45, 7) is 4.16. The molecule has 0 saturated heterocycles. The lowest BCUT2D eigenvalue weighted by Crippen LogP contribution is -2.36. The molecular formula is C18H27NO. The van der Waals surface area contributed by atoms with Gasteiger partial charge >= 0.3 is 0 Å². The lowest BCUT2D eigenvalue weighted by atomic mass is 9.96. The third-order valence-electron chi connectivity index (χ3n) is 4.33. The number of hydrogen-bond acceptors (Lipinski definition) is 1. The predicted octanol–water partition coefficient (Wildman–Crippen LogP) is 4.08. The molecule has 2 rings (SSSR count). The zero-order valence-corrected chi connectivity index (χ0v) is 12.9. The van der Waals surface area contributed by atoms with E-state index in [4.69, 9.17) is 0 Å². The summed E-state index contributed by atoms with van der Waals surface area (Å²) >= 11 is 0. The van der Waals surface area contributed by atoms with Crippen molar-refractivity contribution in [2.45, 2.75) is 71.3 Å². The molecule has 2 heteroatoms. The van der Waals surface area contributed by atoms with E-state index in [9.17, 15) is 4.79 Å². The number of carbonyl (C=O) groups is 1. The van der Waals surface area contributed by atoms with Gasteiger partial charge in [-0.2, -0.15) is 0 Å². The molecule has 1 amide bonds. The SMILES string of the molecule is Cc1ccc(C)c(CC(=O)NC2CCCCCCC2)c1. The van der Waals surface area contributed by atoms with E-state index in [1.807, 2.05) is 0 Å². The maximum absolute atomic E-state index is 12.2. The largest absolute Gasteiger partial charge is 0.353 e. The van der Waals surface area contributed by atoms with Crippen LogP contribution >= 0.6 is 0 Å². The van der Waals surface area contributed by atoms with Gasteiger partial charge in [0.1, 0.15) is 0 Å². The molecule has 0 aliphatic heterocycles. The van der Waals surface area contributed by atoms with Gasteiger partial charge in [0.25, 0.3) is 0 Å². The number of amides is 1. The fourth-order valence-corrected chi connectivity index (χ4v) is 3.04. The minimum atomic E-state index is 0.185.